The minimum atomic E-state index is -4.20. The number of hydrogen-bond donors (Lipinski definition) is 7. The van der Waals surface area contributed by atoms with Gasteiger partial charge >= 0.3 is 18.2 Å². The van der Waals surface area contributed by atoms with Gasteiger partial charge in [-0.1, -0.05) is 114 Å². The number of fused-ring (bicyclic) bond motifs is 2. The van der Waals surface area contributed by atoms with E-state index in [-0.39, 0.29) is 95.3 Å². The summed E-state index contributed by atoms with van der Waals surface area (Å²) in [6.07, 6.45) is 2.11. The number of alkyl carbamates (subject to hydrolysis) is 2. The Hall–Kier alpha value is -9.36. The van der Waals surface area contributed by atoms with Crippen LogP contribution in [0.25, 0.3) is 44.3 Å². The minimum absolute atomic E-state index is 0. The van der Waals surface area contributed by atoms with Crippen molar-refractivity contribution in [1.29, 1.82) is 1.34 Å². The number of rotatable bonds is 29. The quantitative estimate of drug-likeness (QED) is 0.0169. The third kappa shape index (κ3) is 24.5. The van der Waals surface area contributed by atoms with E-state index in [1.807, 2.05) is 105 Å². The molecule has 4 saturated carbocycles. The van der Waals surface area contributed by atoms with Crippen LogP contribution in [0, 0.1) is 53.8 Å². The zero-order valence-corrected chi connectivity index (χ0v) is 80.4. The van der Waals surface area contributed by atoms with Crippen LogP contribution >= 0.6 is 0 Å². The molecule has 2 radical (unpaired) electrons. The van der Waals surface area contributed by atoms with Gasteiger partial charge in [0.25, 0.3) is 5.91 Å². The molecule has 6 aliphatic rings. The zero-order chi connectivity index (χ0) is 92.7. The van der Waals surface area contributed by atoms with Crippen molar-refractivity contribution >= 4 is 97.9 Å². The van der Waals surface area contributed by atoms with E-state index in [4.69, 9.17) is 54.3 Å². The van der Waals surface area contributed by atoms with Gasteiger partial charge in [0.2, 0.25) is 43.7 Å². The molecule has 10 atom stereocenters. The molecule has 125 heavy (non-hydrogen) atoms. The number of likely N-dealkylation sites (tertiary alicyclic amines) is 2. The fourth-order valence-electron chi connectivity index (χ4n) is 14.8. The number of carboxylic acids is 1. The first-order chi connectivity index (χ1) is 58.3. The first-order valence-electron chi connectivity index (χ1n) is 41.9. The summed E-state index contributed by atoms with van der Waals surface area (Å²) in [4.78, 5) is 123. The predicted molar refractivity (Wildman–Crippen MR) is 471 cm³/mol. The molecule has 0 spiro atoms. The number of aliphatic carboxylic acids is 1. The topological polar surface area (TPSA) is 417 Å². The van der Waals surface area contributed by atoms with Crippen LogP contribution in [0.5, 0.6) is 23.0 Å². The van der Waals surface area contributed by atoms with Crippen molar-refractivity contribution in [3.8, 4) is 45.5 Å². The SMILES string of the molecule is C=C[C@@H]1C[C@]1(NC(=O)[C@@H]1C[C@@H](Oc2cc(-c3ccccc3)nc3cc(OC)ccc23)CN1C(=O)[C@@H](NC(=O)OC(C)(C)C)C(C)(C)C)C(=O)NS(=O)(=O)C1(COC(C)C)CC1.C=C[C@@H]1C[C@]1(NC(=O)[C@@H]1C[C@@H](Oc2cc(-c3ccccc3)nc3cc(OC)ccc23)CN1C(=O)[C@@H](NC(=O)OC(C)(C)C)C(C)(C)C)C(=O)O.CC(C)OCC1(S(N)(=O)=O)CC1.[2H][B].[U]. The van der Waals surface area contributed by atoms with Gasteiger partial charge in [0.05, 0.1) is 75.2 Å². The van der Waals surface area contributed by atoms with E-state index in [2.05, 4.69) is 47.5 Å². The van der Waals surface area contributed by atoms with E-state index in [1.165, 1.54) is 22.0 Å². The molecule has 35 heteroatoms. The molecule has 4 aliphatic carbocycles. The number of nitrogens with one attached hydrogen (secondary N) is 5. The molecule has 0 bridgehead atoms. The molecule has 8 N–H and O–H groups in total. The molecule has 4 heterocycles. The van der Waals surface area contributed by atoms with Gasteiger partial charge in [-0.2, -0.15) is 0 Å². The smallest absolute Gasteiger partial charge is 0.408 e. The maximum absolute atomic E-state index is 14.8. The Bertz CT molecular complexity index is 5220. The molecule has 2 aliphatic heterocycles. The third-order valence-electron chi connectivity index (χ3n) is 22.4. The van der Waals surface area contributed by atoms with Crippen molar-refractivity contribution in [2.24, 2.45) is 27.8 Å². The van der Waals surface area contributed by atoms with E-state index < -0.39 is 159 Å². The van der Waals surface area contributed by atoms with Crippen molar-refractivity contribution in [3.63, 3.8) is 0 Å². The summed E-state index contributed by atoms with van der Waals surface area (Å²) in [5.41, 5.74) is -2.23. The number of pyridine rings is 2. The first-order valence-corrected chi connectivity index (χ1v) is 44.3. The zero-order valence-electron chi connectivity index (χ0n) is 75.6. The number of methoxy groups -OCH3 is 2. The van der Waals surface area contributed by atoms with Gasteiger partial charge in [-0.25, -0.2) is 46.3 Å². The number of amides is 7. The summed E-state index contributed by atoms with van der Waals surface area (Å²) in [7, 11) is -0.722. The average Bonchev–Trinajstić information content (AvgIpc) is 1.56. The van der Waals surface area contributed by atoms with E-state index in [9.17, 15) is 60.3 Å². The molecule has 0 unspecified atom stereocenters. The Morgan fingerprint density at radius 3 is 1.26 bits per heavy atom. The van der Waals surface area contributed by atoms with Crippen LogP contribution < -0.4 is 50.1 Å². The number of hydrogen-bond acceptors (Lipinski definition) is 22. The second kappa shape index (κ2) is 39.5. The van der Waals surface area contributed by atoms with Crippen LogP contribution in [-0.2, 0) is 67.8 Å². The normalized spacial score (nSPS) is 22.0. The molecule has 676 valence electrons. The fourth-order valence-corrected chi connectivity index (χ4v) is 17.2. The van der Waals surface area contributed by atoms with E-state index in [0.29, 0.717) is 81.9 Å². The number of nitrogens with two attached hydrogens (primary N) is 1. The summed E-state index contributed by atoms with van der Waals surface area (Å²) in [5.74, 6) is -3.37. The summed E-state index contributed by atoms with van der Waals surface area (Å²) in [5, 5.41) is 27.4. The van der Waals surface area contributed by atoms with Gasteiger partial charge in [0.15, 0.2) is 0 Å². The number of carbonyl (C=O) groups excluding carboxylic acids is 7. The Morgan fingerprint density at radius 2 is 0.944 bits per heavy atom. The molecular formula is C90H121BN10O21S2U. The molecular weight excluding hydrogens is 1870 g/mol. The van der Waals surface area contributed by atoms with E-state index >= 15 is 0 Å². The number of primary sulfonamides is 1. The number of ether oxygens (including phenoxy) is 8. The average molecular weight is 1990 g/mol. The van der Waals surface area contributed by atoms with Gasteiger partial charge < -0.3 is 74.1 Å². The maximum Gasteiger partial charge on any atom is 0.408 e. The number of nitrogens with zero attached hydrogens (tertiary/aromatic N) is 4. The van der Waals surface area contributed by atoms with Crippen molar-refractivity contribution in [3.05, 3.63) is 135 Å². The predicted octanol–water partition coefficient (Wildman–Crippen LogP) is 10.6. The van der Waals surface area contributed by atoms with Crippen LogP contribution in [0.15, 0.2) is 135 Å². The van der Waals surface area contributed by atoms with Gasteiger partial charge in [-0.15, -0.1) is 13.2 Å². The standard InChI is InChI=1S/C45H59N5O10S.C38H46N4O8.C7H15NO3S.BH.U/c1-11-29-24-45(29,40(53)49-61(55,56)44(19-20-44)26-58-27(2)3)48-38(51)35-22-31(25-50(35)39(52)37(42(4,5)6)47-41(54)60-43(7,8)9)59-36-23-33(28-15-13-12-14-16-28)46-34-21-30(57-10)17-18-32(34)36;1-9-23-20-38(23,34(45)46)41-32(43)29-18-25(21-42(29)33(44)31(36(2,3)4)40-35(47)50-37(5,6)7)49-30-19-27(22-13-11-10-12-14-22)39-28-17-24(48-8)15-16-26(28)30;1-6(2)11-5-7(3-4-7)12(8,9)10;;/h11-18,21,23,27,29,31,35,37H,1,19-20,22,24-26H2,2-10H3,(H,47,54)(H,48,51)(H,49,53);9-17,19,23,25,29,31H,1,18,20-21H2,2-8H3,(H,40,47)(H,41,43)(H,45,46);6H,3-5H2,1-2H3,(H2,8,9,10);1H;/t29-,31-,35+,37-,45-;23-,25-,29+,31-,38-;;;/m11.../s1/i;;;1D;. The summed E-state index contributed by atoms with van der Waals surface area (Å²) < 4.78 is 101. The van der Waals surface area contributed by atoms with Crippen LogP contribution in [0.4, 0.5) is 9.59 Å². The Morgan fingerprint density at radius 1 is 0.576 bits per heavy atom. The largest absolute Gasteiger partial charge is 0.497 e. The van der Waals surface area contributed by atoms with Crippen LogP contribution in [0.1, 0.15) is 162 Å². The van der Waals surface area contributed by atoms with Gasteiger partial charge in [0, 0.05) is 110 Å². The second-order valence-corrected chi connectivity index (χ2v) is 41.3. The minimum Gasteiger partial charge on any atom is -0.497 e. The molecule has 2 aromatic heterocycles. The third-order valence-corrected chi connectivity index (χ3v) is 26.2. The molecule has 2 saturated heterocycles. The summed E-state index contributed by atoms with van der Waals surface area (Å²) in [6.45, 7) is 36.0. The van der Waals surface area contributed by atoms with Gasteiger partial charge in [-0.05, 0) is 144 Å². The Kier molecular flexibility index (Phi) is 31.4. The molecule has 4 aromatic carbocycles. The monoisotopic (exact) mass is 1990 g/mol. The fraction of sp³-hybridized carbons (Fsp3) is 0.533. The first kappa shape index (κ1) is 99.4. The van der Waals surface area contributed by atoms with Crippen molar-refractivity contribution in [1.82, 2.24) is 45.8 Å². The molecule has 6 fully saturated rings. The van der Waals surface area contributed by atoms with Crippen LogP contribution in [-0.4, -0.2) is 220 Å². The van der Waals surface area contributed by atoms with E-state index in [1.54, 1.807) is 129 Å². The van der Waals surface area contributed by atoms with Crippen molar-refractivity contribution in [2.45, 2.75) is 243 Å². The number of benzene rings is 4. The number of carbonyl (C=O) groups is 8. The number of carboxylic acid groups (broad SMARTS) is 1. The Balaban J connectivity index is 0.000000272. The van der Waals surface area contributed by atoms with Gasteiger partial charge in [-0.3, -0.25) is 28.7 Å². The summed E-state index contributed by atoms with van der Waals surface area (Å²) in [6, 6.07) is 29.1. The van der Waals surface area contributed by atoms with Crippen molar-refractivity contribution < 1.29 is 129 Å². The second-order valence-electron chi connectivity index (χ2n) is 37.2. The van der Waals surface area contributed by atoms with Crippen LogP contribution in [0.2, 0.25) is 0 Å². The molecule has 6 aromatic rings. The Labute approximate surface area is 760 Å². The maximum atomic E-state index is 14.8. The van der Waals surface area contributed by atoms with Crippen LogP contribution in [0.3, 0.4) is 0 Å². The van der Waals surface area contributed by atoms with Crippen molar-refractivity contribution in [2.75, 3.05) is 40.5 Å². The van der Waals surface area contributed by atoms with Gasteiger partial charge in [0.1, 0.15) is 91.1 Å². The molecule has 7 amide bonds. The number of aromatic nitrogens is 2. The number of sulfonamides is 2. The molecule has 12 rings (SSSR count). The summed E-state index contributed by atoms with van der Waals surface area (Å²) >= 11 is 0. The van der Waals surface area contributed by atoms with E-state index in [0.717, 1.165) is 11.1 Å². The molecule has 31 nitrogen and oxygen atoms in total.